The molecule has 0 aliphatic heterocycles. The molecule has 5 nitrogen and oxygen atoms in total. The second kappa shape index (κ2) is 5.48. The fraction of sp³-hybridized carbons (Fsp3) is 0.500. The SMILES string of the molecule is CCS(=O)(=O)CCNc1nc(Cl)c(C#N)s1. The van der Waals surface area contributed by atoms with Crippen molar-refractivity contribution in [3.05, 3.63) is 10.0 Å². The molecule has 0 aliphatic carbocycles. The van der Waals surface area contributed by atoms with Crippen LogP contribution in [0, 0.1) is 11.3 Å². The monoisotopic (exact) mass is 279 g/mol. The Bertz CT molecular complexity index is 504. The van der Waals surface area contributed by atoms with Crippen molar-refractivity contribution < 1.29 is 8.42 Å². The quantitative estimate of drug-likeness (QED) is 0.883. The molecule has 0 amide bonds. The summed E-state index contributed by atoms with van der Waals surface area (Å²) in [5.74, 6) is 0.166. The molecule has 0 radical (unpaired) electrons. The van der Waals surface area contributed by atoms with Crippen LogP contribution < -0.4 is 5.32 Å². The first-order valence-corrected chi connectivity index (χ1v) is 7.51. The summed E-state index contributed by atoms with van der Waals surface area (Å²) >= 11 is 6.77. The summed E-state index contributed by atoms with van der Waals surface area (Å²) in [5.41, 5.74) is 0. The van der Waals surface area contributed by atoms with Crippen LogP contribution in [-0.4, -0.2) is 31.5 Å². The van der Waals surface area contributed by atoms with E-state index in [4.69, 9.17) is 16.9 Å². The predicted octanol–water partition coefficient (Wildman–Crippen LogP) is 1.51. The molecular weight excluding hydrogens is 270 g/mol. The van der Waals surface area contributed by atoms with Crippen molar-refractivity contribution >= 4 is 37.9 Å². The van der Waals surface area contributed by atoms with Gasteiger partial charge in [0.05, 0.1) is 5.75 Å². The molecule has 1 aromatic heterocycles. The van der Waals surface area contributed by atoms with E-state index in [2.05, 4.69) is 10.3 Å². The number of nitriles is 1. The average molecular weight is 280 g/mol. The summed E-state index contributed by atoms with van der Waals surface area (Å²) in [6.07, 6.45) is 0. The molecule has 0 saturated heterocycles. The zero-order chi connectivity index (χ0) is 12.2. The molecule has 0 spiro atoms. The number of sulfone groups is 1. The smallest absolute Gasteiger partial charge is 0.185 e. The van der Waals surface area contributed by atoms with E-state index in [1.165, 1.54) is 0 Å². The van der Waals surface area contributed by atoms with E-state index < -0.39 is 9.84 Å². The number of nitrogens with one attached hydrogen (secondary N) is 1. The van der Waals surface area contributed by atoms with E-state index in [1.54, 1.807) is 6.92 Å². The molecular formula is C8H10ClN3O2S2. The molecule has 0 unspecified atom stereocenters. The number of aromatic nitrogens is 1. The van der Waals surface area contributed by atoms with Crippen molar-refractivity contribution in [2.24, 2.45) is 0 Å². The van der Waals surface area contributed by atoms with Crippen LogP contribution in [0.4, 0.5) is 5.13 Å². The van der Waals surface area contributed by atoms with Crippen LogP contribution in [-0.2, 0) is 9.84 Å². The van der Waals surface area contributed by atoms with Crippen LogP contribution in [0.3, 0.4) is 0 Å². The Labute approximate surface area is 103 Å². The summed E-state index contributed by atoms with van der Waals surface area (Å²) in [6, 6.07) is 1.90. The second-order valence-corrected chi connectivity index (χ2v) is 6.74. The summed E-state index contributed by atoms with van der Waals surface area (Å²) in [7, 11) is -2.98. The molecule has 16 heavy (non-hydrogen) atoms. The molecule has 8 heteroatoms. The molecule has 1 rings (SSSR count). The zero-order valence-electron chi connectivity index (χ0n) is 8.53. The molecule has 0 fully saturated rings. The fourth-order valence-electron chi connectivity index (χ4n) is 0.904. The topological polar surface area (TPSA) is 82.8 Å². The Morgan fingerprint density at radius 2 is 2.31 bits per heavy atom. The summed E-state index contributed by atoms with van der Waals surface area (Å²) in [5, 5.41) is 12.1. The molecule has 0 atom stereocenters. The van der Waals surface area contributed by atoms with Crippen molar-refractivity contribution in [2.45, 2.75) is 6.92 Å². The highest BCUT2D eigenvalue weighted by Gasteiger charge is 2.10. The highest BCUT2D eigenvalue weighted by molar-refractivity contribution is 7.91. The van der Waals surface area contributed by atoms with Crippen LogP contribution in [0.2, 0.25) is 5.15 Å². The number of hydrogen-bond acceptors (Lipinski definition) is 6. The van der Waals surface area contributed by atoms with E-state index in [1.807, 2.05) is 6.07 Å². The third-order valence-corrected chi connectivity index (χ3v) is 4.83. The van der Waals surface area contributed by atoms with Crippen LogP contribution >= 0.6 is 22.9 Å². The Morgan fingerprint density at radius 3 is 2.81 bits per heavy atom. The lowest BCUT2D eigenvalue weighted by Gasteiger charge is -2.01. The number of halogens is 1. The van der Waals surface area contributed by atoms with Crippen molar-refractivity contribution in [2.75, 3.05) is 23.4 Å². The van der Waals surface area contributed by atoms with Crippen LogP contribution in [0.1, 0.15) is 11.8 Å². The first-order chi connectivity index (χ1) is 7.48. The summed E-state index contributed by atoms with van der Waals surface area (Å²) in [4.78, 5) is 4.20. The molecule has 1 heterocycles. The Balaban J connectivity index is 2.53. The largest absolute Gasteiger partial charge is 0.360 e. The number of thiazole rings is 1. The van der Waals surface area contributed by atoms with Gasteiger partial charge in [-0.05, 0) is 0 Å². The van der Waals surface area contributed by atoms with Crippen molar-refractivity contribution in [1.82, 2.24) is 4.98 Å². The van der Waals surface area contributed by atoms with Crippen LogP contribution in [0.25, 0.3) is 0 Å². The Hall–Kier alpha value is -0.840. The predicted molar refractivity (Wildman–Crippen MR) is 64.7 cm³/mol. The maximum absolute atomic E-state index is 11.2. The molecule has 0 bridgehead atoms. The molecule has 0 saturated carbocycles. The van der Waals surface area contributed by atoms with Gasteiger partial charge in [-0.2, -0.15) is 5.26 Å². The summed E-state index contributed by atoms with van der Waals surface area (Å²) in [6.45, 7) is 1.87. The van der Waals surface area contributed by atoms with Gasteiger partial charge in [0, 0.05) is 12.3 Å². The van der Waals surface area contributed by atoms with E-state index in [0.717, 1.165) is 11.3 Å². The molecule has 88 valence electrons. The lowest BCUT2D eigenvalue weighted by Crippen LogP contribution is -2.16. The van der Waals surface area contributed by atoms with Gasteiger partial charge in [0.25, 0.3) is 0 Å². The number of hydrogen-bond donors (Lipinski definition) is 1. The van der Waals surface area contributed by atoms with Crippen molar-refractivity contribution in [3.63, 3.8) is 0 Å². The maximum Gasteiger partial charge on any atom is 0.185 e. The molecule has 1 N–H and O–H groups in total. The Kier molecular flexibility index (Phi) is 4.53. The van der Waals surface area contributed by atoms with Gasteiger partial charge in [0.1, 0.15) is 10.9 Å². The summed E-state index contributed by atoms with van der Waals surface area (Å²) < 4.78 is 22.4. The normalized spacial score (nSPS) is 11.1. The highest BCUT2D eigenvalue weighted by atomic mass is 35.5. The van der Waals surface area contributed by atoms with E-state index >= 15 is 0 Å². The standard InChI is InChI=1S/C8H10ClN3O2S2/c1-2-16(13,14)4-3-11-8-12-7(9)6(5-10)15-8/h2-4H2,1H3,(H,11,12). The molecule has 0 aromatic carbocycles. The zero-order valence-corrected chi connectivity index (χ0v) is 10.9. The van der Waals surface area contributed by atoms with Gasteiger partial charge in [-0.15, -0.1) is 0 Å². The third kappa shape index (κ3) is 3.63. The minimum atomic E-state index is -2.98. The van der Waals surface area contributed by atoms with E-state index in [9.17, 15) is 8.42 Å². The number of anilines is 1. The fourth-order valence-corrected chi connectivity index (χ4v) is 2.58. The highest BCUT2D eigenvalue weighted by Crippen LogP contribution is 2.25. The van der Waals surface area contributed by atoms with E-state index in [-0.39, 0.29) is 23.2 Å². The number of nitrogens with zero attached hydrogens (tertiary/aromatic N) is 2. The van der Waals surface area contributed by atoms with Crippen LogP contribution in [0.15, 0.2) is 0 Å². The molecule has 1 aromatic rings. The average Bonchev–Trinajstić information content (AvgIpc) is 2.59. The van der Waals surface area contributed by atoms with Crippen molar-refractivity contribution in [3.8, 4) is 6.07 Å². The lowest BCUT2D eigenvalue weighted by atomic mass is 10.6. The lowest BCUT2D eigenvalue weighted by molar-refractivity contribution is 0.597. The van der Waals surface area contributed by atoms with Gasteiger partial charge in [-0.1, -0.05) is 29.9 Å². The second-order valence-electron chi connectivity index (χ2n) is 2.91. The van der Waals surface area contributed by atoms with Gasteiger partial charge >= 0.3 is 0 Å². The van der Waals surface area contributed by atoms with Gasteiger partial charge in [-0.3, -0.25) is 0 Å². The maximum atomic E-state index is 11.2. The van der Waals surface area contributed by atoms with Crippen LogP contribution in [0.5, 0.6) is 0 Å². The first kappa shape index (κ1) is 13.2. The van der Waals surface area contributed by atoms with E-state index in [0.29, 0.717) is 10.0 Å². The first-order valence-electron chi connectivity index (χ1n) is 4.49. The van der Waals surface area contributed by atoms with Crippen molar-refractivity contribution in [1.29, 1.82) is 5.26 Å². The minimum Gasteiger partial charge on any atom is -0.360 e. The molecule has 0 aliphatic rings. The van der Waals surface area contributed by atoms with Gasteiger partial charge in [0.15, 0.2) is 20.1 Å². The van der Waals surface area contributed by atoms with Gasteiger partial charge in [-0.25, -0.2) is 13.4 Å². The third-order valence-electron chi connectivity index (χ3n) is 1.82. The Morgan fingerprint density at radius 1 is 1.62 bits per heavy atom. The van der Waals surface area contributed by atoms with Gasteiger partial charge < -0.3 is 5.32 Å². The van der Waals surface area contributed by atoms with Gasteiger partial charge in [0.2, 0.25) is 0 Å². The number of rotatable bonds is 5. The minimum absolute atomic E-state index is 0.0442.